The SMILES string of the molecule is C=C(C)C(=O)OCCOCCNC(=O)Oc1c2c(c(OCC)c3ccccc13)CC=CC2. The monoisotopic (exact) mass is 439 g/mol. The molecular weight excluding hydrogens is 410 g/mol. The van der Waals surface area contributed by atoms with Crippen LogP contribution in [0.4, 0.5) is 4.79 Å². The summed E-state index contributed by atoms with van der Waals surface area (Å²) in [6.07, 6.45) is 5.04. The van der Waals surface area contributed by atoms with Gasteiger partial charge >= 0.3 is 12.1 Å². The van der Waals surface area contributed by atoms with Crippen LogP contribution in [0, 0.1) is 0 Å². The minimum atomic E-state index is -0.548. The minimum absolute atomic E-state index is 0.133. The van der Waals surface area contributed by atoms with Crippen LogP contribution in [0.3, 0.4) is 0 Å². The van der Waals surface area contributed by atoms with Crippen molar-refractivity contribution in [1.82, 2.24) is 5.32 Å². The highest BCUT2D eigenvalue weighted by molar-refractivity contribution is 5.97. The Labute approximate surface area is 188 Å². The number of fused-ring (bicyclic) bond motifs is 2. The van der Waals surface area contributed by atoms with Crippen LogP contribution in [-0.2, 0) is 27.1 Å². The molecule has 7 heteroatoms. The number of nitrogens with one attached hydrogen (secondary N) is 1. The number of rotatable bonds is 10. The molecule has 0 bridgehead atoms. The lowest BCUT2D eigenvalue weighted by Crippen LogP contribution is -2.31. The molecule has 3 rings (SSSR count). The maximum atomic E-state index is 12.5. The number of hydrogen-bond donors (Lipinski definition) is 1. The zero-order valence-electron chi connectivity index (χ0n) is 18.6. The largest absolute Gasteiger partial charge is 0.493 e. The second-order valence-electron chi connectivity index (χ2n) is 7.32. The van der Waals surface area contributed by atoms with Crippen LogP contribution in [0.1, 0.15) is 25.0 Å². The van der Waals surface area contributed by atoms with Gasteiger partial charge in [0.2, 0.25) is 0 Å². The highest BCUT2D eigenvalue weighted by Gasteiger charge is 2.23. The first-order valence-electron chi connectivity index (χ1n) is 10.7. The first-order valence-corrected chi connectivity index (χ1v) is 10.7. The van der Waals surface area contributed by atoms with Crippen molar-refractivity contribution in [2.45, 2.75) is 26.7 Å². The highest BCUT2D eigenvalue weighted by Crippen LogP contribution is 2.43. The quantitative estimate of drug-likeness (QED) is 0.260. The smallest absolute Gasteiger partial charge is 0.412 e. The number of carbonyl (C=O) groups is 2. The van der Waals surface area contributed by atoms with E-state index in [1.165, 1.54) is 0 Å². The average molecular weight is 440 g/mol. The lowest BCUT2D eigenvalue weighted by atomic mass is 9.90. The van der Waals surface area contributed by atoms with Gasteiger partial charge < -0.3 is 24.3 Å². The van der Waals surface area contributed by atoms with Crippen LogP contribution in [0.5, 0.6) is 11.5 Å². The van der Waals surface area contributed by atoms with E-state index in [2.05, 4.69) is 24.0 Å². The fourth-order valence-electron chi connectivity index (χ4n) is 3.51. The Morgan fingerprint density at radius 2 is 1.66 bits per heavy atom. The molecule has 0 fully saturated rings. The second kappa shape index (κ2) is 11.3. The number of hydrogen-bond acceptors (Lipinski definition) is 6. The van der Waals surface area contributed by atoms with Crippen LogP contribution in [0.15, 0.2) is 48.6 Å². The molecule has 0 unspecified atom stereocenters. The predicted molar refractivity (Wildman–Crippen MR) is 122 cm³/mol. The van der Waals surface area contributed by atoms with E-state index < -0.39 is 12.1 Å². The number of benzene rings is 2. The van der Waals surface area contributed by atoms with Gasteiger partial charge in [0.25, 0.3) is 0 Å². The lowest BCUT2D eigenvalue weighted by Gasteiger charge is -2.22. The Balaban J connectivity index is 1.61. The summed E-state index contributed by atoms with van der Waals surface area (Å²) in [6.45, 7) is 8.52. The number of ether oxygens (including phenoxy) is 4. The van der Waals surface area contributed by atoms with Gasteiger partial charge in [0.1, 0.15) is 18.1 Å². The summed E-state index contributed by atoms with van der Waals surface area (Å²) in [7, 11) is 0. The summed E-state index contributed by atoms with van der Waals surface area (Å²) in [5.74, 6) is 0.973. The number of amides is 1. The van der Waals surface area contributed by atoms with E-state index in [0.717, 1.165) is 34.1 Å². The van der Waals surface area contributed by atoms with Gasteiger partial charge in [-0.2, -0.15) is 0 Å². The van der Waals surface area contributed by atoms with E-state index in [-0.39, 0.29) is 26.4 Å². The number of allylic oxidation sites excluding steroid dienone is 2. The van der Waals surface area contributed by atoms with Gasteiger partial charge in [-0.05, 0) is 26.7 Å². The molecule has 0 aliphatic heterocycles. The van der Waals surface area contributed by atoms with Crippen molar-refractivity contribution < 1.29 is 28.5 Å². The summed E-state index contributed by atoms with van der Waals surface area (Å²) in [4.78, 5) is 23.8. The highest BCUT2D eigenvalue weighted by atomic mass is 16.6. The van der Waals surface area contributed by atoms with Crippen molar-refractivity contribution in [2.75, 3.05) is 33.0 Å². The third-order valence-corrected chi connectivity index (χ3v) is 4.95. The third kappa shape index (κ3) is 5.68. The Morgan fingerprint density at radius 3 is 2.31 bits per heavy atom. The fraction of sp³-hybridized carbons (Fsp3) is 0.360. The first kappa shape index (κ1) is 23.3. The topological polar surface area (TPSA) is 83.1 Å². The molecule has 0 atom stereocenters. The molecule has 1 N–H and O–H groups in total. The Kier molecular flexibility index (Phi) is 8.27. The molecule has 1 aliphatic carbocycles. The Morgan fingerprint density at radius 1 is 1.00 bits per heavy atom. The predicted octanol–water partition coefficient (Wildman–Crippen LogP) is 4.12. The summed E-state index contributed by atoms with van der Waals surface area (Å²) in [5.41, 5.74) is 2.37. The molecule has 1 aliphatic rings. The molecule has 1 amide bonds. The summed E-state index contributed by atoms with van der Waals surface area (Å²) >= 11 is 0. The van der Waals surface area contributed by atoms with Crippen LogP contribution < -0.4 is 14.8 Å². The summed E-state index contributed by atoms with van der Waals surface area (Å²) in [6, 6.07) is 7.79. The van der Waals surface area contributed by atoms with Gasteiger partial charge in [-0.25, -0.2) is 9.59 Å². The number of carbonyl (C=O) groups excluding carboxylic acids is 2. The minimum Gasteiger partial charge on any atom is -0.493 e. The Bertz CT molecular complexity index is 1030. The van der Waals surface area contributed by atoms with Crippen LogP contribution >= 0.6 is 0 Å². The molecule has 0 heterocycles. The van der Waals surface area contributed by atoms with Crippen molar-refractivity contribution in [2.24, 2.45) is 0 Å². The molecule has 0 saturated carbocycles. The van der Waals surface area contributed by atoms with Gasteiger partial charge in [-0.15, -0.1) is 0 Å². The lowest BCUT2D eigenvalue weighted by molar-refractivity contribution is -0.140. The molecule has 32 heavy (non-hydrogen) atoms. The van der Waals surface area contributed by atoms with Gasteiger partial charge in [0.05, 0.1) is 19.8 Å². The number of esters is 1. The van der Waals surface area contributed by atoms with Crippen molar-refractivity contribution in [3.05, 3.63) is 59.7 Å². The van der Waals surface area contributed by atoms with E-state index in [0.29, 0.717) is 24.4 Å². The zero-order chi connectivity index (χ0) is 22.9. The average Bonchev–Trinajstić information content (AvgIpc) is 2.80. The van der Waals surface area contributed by atoms with E-state index in [4.69, 9.17) is 18.9 Å². The van der Waals surface area contributed by atoms with Crippen LogP contribution in [-0.4, -0.2) is 45.0 Å². The van der Waals surface area contributed by atoms with Crippen molar-refractivity contribution >= 4 is 22.8 Å². The van der Waals surface area contributed by atoms with Gasteiger partial charge in [0, 0.05) is 34.0 Å². The molecule has 2 aromatic rings. The normalized spacial score (nSPS) is 12.2. The van der Waals surface area contributed by atoms with Gasteiger partial charge in [-0.1, -0.05) is 43.0 Å². The second-order valence-corrected chi connectivity index (χ2v) is 7.32. The molecule has 2 aromatic carbocycles. The van der Waals surface area contributed by atoms with Crippen molar-refractivity contribution in [3.8, 4) is 11.5 Å². The summed E-state index contributed by atoms with van der Waals surface area (Å²) in [5, 5.41) is 4.48. The van der Waals surface area contributed by atoms with Crippen LogP contribution in [0.2, 0.25) is 0 Å². The summed E-state index contributed by atoms with van der Waals surface area (Å²) < 4.78 is 22.0. The van der Waals surface area contributed by atoms with E-state index in [1.807, 2.05) is 31.2 Å². The first-order chi connectivity index (χ1) is 15.5. The molecule has 170 valence electrons. The van der Waals surface area contributed by atoms with Gasteiger partial charge in [0.15, 0.2) is 0 Å². The van der Waals surface area contributed by atoms with E-state index >= 15 is 0 Å². The van der Waals surface area contributed by atoms with Crippen molar-refractivity contribution in [3.63, 3.8) is 0 Å². The Hall–Kier alpha value is -3.32. The molecular formula is C25H29NO6. The fourth-order valence-corrected chi connectivity index (χ4v) is 3.51. The molecule has 0 radical (unpaired) electrons. The maximum absolute atomic E-state index is 12.5. The molecule has 7 nitrogen and oxygen atoms in total. The maximum Gasteiger partial charge on any atom is 0.412 e. The van der Waals surface area contributed by atoms with E-state index in [1.54, 1.807) is 6.92 Å². The van der Waals surface area contributed by atoms with Gasteiger partial charge in [-0.3, -0.25) is 0 Å². The molecule has 0 saturated heterocycles. The van der Waals surface area contributed by atoms with Crippen molar-refractivity contribution in [1.29, 1.82) is 0 Å². The molecule has 0 spiro atoms. The van der Waals surface area contributed by atoms with E-state index in [9.17, 15) is 9.59 Å². The van der Waals surface area contributed by atoms with Crippen LogP contribution in [0.25, 0.3) is 10.8 Å². The molecule has 0 aromatic heterocycles. The zero-order valence-corrected chi connectivity index (χ0v) is 18.6. The third-order valence-electron chi connectivity index (χ3n) is 4.95. The standard InChI is InChI=1S/C25H29NO6/c1-4-30-22-18-9-5-7-11-20(18)23(21-12-8-6-10-19(21)22)32-25(28)26-13-14-29-15-16-31-24(27)17(2)3/h5-9,11H,2,4,10,12-16H2,1,3H3,(H,26,28).